The van der Waals surface area contributed by atoms with Crippen LogP contribution in [0.15, 0.2) is 36.4 Å². The van der Waals surface area contributed by atoms with Gasteiger partial charge in [-0.1, -0.05) is 18.9 Å². The van der Waals surface area contributed by atoms with Gasteiger partial charge in [-0.15, -0.1) is 0 Å². The minimum Gasteiger partial charge on any atom is -0.454 e. The highest BCUT2D eigenvalue weighted by Gasteiger charge is 2.55. The van der Waals surface area contributed by atoms with E-state index >= 15 is 0 Å². The highest BCUT2D eigenvalue weighted by molar-refractivity contribution is 6.02. The van der Waals surface area contributed by atoms with Crippen molar-refractivity contribution in [1.29, 1.82) is 0 Å². The number of carbonyl (C=O) groups excluding carboxylic acids is 2. The summed E-state index contributed by atoms with van der Waals surface area (Å²) in [5.74, 6) is 2.51. The van der Waals surface area contributed by atoms with Crippen LogP contribution in [0, 0.1) is 0 Å². The molecular formula is C23H22N2O6. The number of ether oxygens (including phenoxy) is 4. The minimum atomic E-state index is -0.854. The third-order valence-corrected chi connectivity index (χ3v) is 6.67. The molecule has 1 atom stereocenters. The number of anilines is 1. The lowest BCUT2D eigenvalue weighted by Gasteiger charge is -2.51. The van der Waals surface area contributed by atoms with Crippen molar-refractivity contribution in [2.24, 2.45) is 0 Å². The zero-order valence-electron chi connectivity index (χ0n) is 16.9. The first kappa shape index (κ1) is 18.4. The lowest BCUT2D eigenvalue weighted by Crippen LogP contribution is -2.64. The van der Waals surface area contributed by atoms with E-state index in [9.17, 15) is 9.59 Å². The van der Waals surface area contributed by atoms with Crippen LogP contribution in [0.2, 0.25) is 0 Å². The Hall–Kier alpha value is -3.42. The van der Waals surface area contributed by atoms with Gasteiger partial charge in [0.15, 0.2) is 23.0 Å². The van der Waals surface area contributed by atoms with Crippen molar-refractivity contribution in [1.82, 2.24) is 4.90 Å². The van der Waals surface area contributed by atoms with Gasteiger partial charge in [0.25, 0.3) is 0 Å². The van der Waals surface area contributed by atoms with Gasteiger partial charge >= 0.3 is 0 Å². The average Bonchev–Trinajstić information content (AvgIpc) is 3.51. The van der Waals surface area contributed by atoms with Crippen molar-refractivity contribution >= 4 is 17.5 Å². The van der Waals surface area contributed by atoms with E-state index in [0.717, 1.165) is 18.4 Å². The Balaban J connectivity index is 1.29. The molecule has 8 heteroatoms. The first-order chi connectivity index (χ1) is 15.1. The van der Waals surface area contributed by atoms with E-state index in [2.05, 4.69) is 5.32 Å². The molecule has 6 rings (SSSR count). The zero-order chi connectivity index (χ0) is 21.0. The highest BCUT2D eigenvalue weighted by atomic mass is 16.7. The fraction of sp³-hybridized carbons (Fsp3) is 0.391. The standard InChI is InChI=1S/C23H22N2O6/c26-21-11-16(14-3-5-17-19(9-14)30-12-28-17)25(21)23(7-1-2-8-23)22(27)24-15-4-6-18-20(10-15)31-13-29-18/h3-6,9-10,16H,1-2,7-8,11-13H2,(H,24,27). The predicted molar refractivity (Wildman–Crippen MR) is 109 cm³/mol. The Labute approximate surface area is 179 Å². The summed E-state index contributed by atoms with van der Waals surface area (Å²) in [7, 11) is 0. The SMILES string of the molecule is O=C1CC(c2ccc3c(c2)OCO3)N1C1(C(=O)Nc2ccc3c(c2)OCO3)CCCC1. The van der Waals surface area contributed by atoms with E-state index in [1.165, 1.54) is 0 Å². The lowest BCUT2D eigenvalue weighted by molar-refractivity contribution is -0.163. The number of likely N-dealkylation sites (tertiary alicyclic amines) is 1. The second kappa shape index (κ2) is 6.80. The van der Waals surface area contributed by atoms with Gasteiger partial charge in [-0.25, -0.2) is 0 Å². The first-order valence-corrected chi connectivity index (χ1v) is 10.6. The molecule has 1 saturated carbocycles. The Morgan fingerprint density at radius 3 is 2.26 bits per heavy atom. The molecule has 0 spiro atoms. The molecule has 3 heterocycles. The number of amides is 2. The van der Waals surface area contributed by atoms with Crippen LogP contribution in [-0.2, 0) is 9.59 Å². The van der Waals surface area contributed by atoms with Crippen LogP contribution in [0.4, 0.5) is 5.69 Å². The maximum atomic E-state index is 13.6. The van der Waals surface area contributed by atoms with Crippen molar-refractivity contribution in [2.75, 3.05) is 18.9 Å². The van der Waals surface area contributed by atoms with Crippen molar-refractivity contribution in [3.8, 4) is 23.0 Å². The van der Waals surface area contributed by atoms with Gasteiger partial charge in [-0.05, 0) is 42.7 Å². The van der Waals surface area contributed by atoms with Gasteiger partial charge in [0.2, 0.25) is 25.4 Å². The van der Waals surface area contributed by atoms with E-state index in [0.29, 0.717) is 47.9 Å². The van der Waals surface area contributed by atoms with Crippen molar-refractivity contribution in [2.45, 2.75) is 43.7 Å². The van der Waals surface area contributed by atoms with Crippen molar-refractivity contribution in [3.63, 3.8) is 0 Å². The Kier molecular flexibility index (Phi) is 4.03. The van der Waals surface area contributed by atoms with Gasteiger partial charge in [0, 0.05) is 11.8 Å². The largest absolute Gasteiger partial charge is 0.454 e. The van der Waals surface area contributed by atoms with Crippen LogP contribution in [0.5, 0.6) is 23.0 Å². The van der Waals surface area contributed by atoms with E-state index in [1.807, 2.05) is 18.2 Å². The lowest BCUT2D eigenvalue weighted by atomic mass is 9.83. The van der Waals surface area contributed by atoms with Crippen molar-refractivity contribution in [3.05, 3.63) is 42.0 Å². The van der Waals surface area contributed by atoms with E-state index in [4.69, 9.17) is 18.9 Å². The number of carbonyl (C=O) groups is 2. The monoisotopic (exact) mass is 422 g/mol. The summed E-state index contributed by atoms with van der Waals surface area (Å²) in [6.45, 7) is 0.379. The molecular weight excluding hydrogens is 400 g/mol. The van der Waals surface area contributed by atoms with Gasteiger partial charge < -0.3 is 29.2 Å². The Bertz CT molecular complexity index is 1080. The zero-order valence-corrected chi connectivity index (χ0v) is 16.9. The van der Waals surface area contributed by atoms with Crippen LogP contribution in [-0.4, -0.2) is 35.8 Å². The number of nitrogens with one attached hydrogen (secondary N) is 1. The van der Waals surface area contributed by atoms with Crippen molar-refractivity contribution < 1.29 is 28.5 Å². The summed E-state index contributed by atoms with van der Waals surface area (Å²) < 4.78 is 21.7. The Morgan fingerprint density at radius 1 is 0.903 bits per heavy atom. The normalized spacial score (nSPS) is 22.4. The quantitative estimate of drug-likeness (QED) is 0.761. The third kappa shape index (κ3) is 2.81. The van der Waals surface area contributed by atoms with Crippen LogP contribution < -0.4 is 24.3 Å². The summed E-state index contributed by atoms with van der Waals surface area (Å²) in [5.41, 5.74) is 0.742. The molecule has 2 amide bonds. The predicted octanol–water partition coefficient (Wildman–Crippen LogP) is 3.37. The molecule has 2 aromatic rings. The van der Waals surface area contributed by atoms with Crippen LogP contribution in [0.1, 0.15) is 43.7 Å². The van der Waals surface area contributed by atoms with Gasteiger partial charge in [-0.3, -0.25) is 9.59 Å². The third-order valence-electron chi connectivity index (χ3n) is 6.67. The molecule has 1 unspecified atom stereocenters. The number of hydrogen-bond acceptors (Lipinski definition) is 6. The average molecular weight is 422 g/mol. The summed E-state index contributed by atoms with van der Waals surface area (Å²) in [6, 6.07) is 10.9. The highest BCUT2D eigenvalue weighted by Crippen LogP contribution is 2.49. The number of benzene rings is 2. The summed E-state index contributed by atoms with van der Waals surface area (Å²) in [4.78, 5) is 28.2. The maximum absolute atomic E-state index is 13.6. The molecule has 3 aliphatic heterocycles. The van der Waals surface area contributed by atoms with Gasteiger partial charge in [-0.2, -0.15) is 0 Å². The van der Waals surface area contributed by atoms with Gasteiger partial charge in [0.05, 0.1) is 12.5 Å². The number of fused-ring (bicyclic) bond motifs is 2. The minimum absolute atomic E-state index is 0.00500. The fourth-order valence-electron chi connectivity index (χ4n) is 5.10. The number of hydrogen-bond donors (Lipinski definition) is 1. The van der Waals surface area contributed by atoms with E-state index < -0.39 is 5.54 Å². The molecule has 8 nitrogen and oxygen atoms in total. The van der Waals surface area contributed by atoms with E-state index in [1.54, 1.807) is 23.1 Å². The second-order valence-corrected chi connectivity index (χ2v) is 8.36. The molecule has 0 aromatic heterocycles. The molecule has 2 fully saturated rings. The number of β-lactam (4-membered cyclic amide) rings is 1. The fourth-order valence-corrected chi connectivity index (χ4v) is 5.10. The molecule has 1 saturated heterocycles. The molecule has 1 N–H and O–H groups in total. The topological polar surface area (TPSA) is 86.3 Å². The number of nitrogens with zero attached hydrogens (tertiary/aromatic N) is 1. The maximum Gasteiger partial charge on any atom is 0.250 e. The summed E-state index contributed by atoms with van der Waals surface area (Å²) in [5, 5.41) is 3.02. The first-order valence-electron chi connectivity index (χ1n) is 10.6. The molecule has 2 aromatic carbocycles. The molecule has 4 aliphatic rings. The molecule has 31 heavy (non-hydrogen) atoms. The smallest absolute Gasteiger partial charge is 0.250 e. The van der Waals surface area contributed by atoms with Gasteiger partial charge in [0.1, 0.15) is 5.54 Å². The molecule has 1 aliphatic carbocycles. The molecule has 0 radical (unpaired) electrons. The number of rotatable bonds is 4. The Morgan fingerprint density at radius 2 is 1.55 bits per heavy atom. The van der Waals surface area contributed by atoms with Crippen LogP contribution in [0.3, 0.4) is 0 Å². The van der Waals surface area contributed by atoms with Crippen LogP contribution in [0.25, 0.3) is 0 Å². The summed E-state index contributed by atoms with van der Waals surface area (Å²) >= 11 is 0. The molecule has 160 valence electrons. The second-order valence-electron chi connectivity index (χ2n) is 8.36. The molecule has 0 bridgehead atoms. The van der Waals surface area contributed by atoms with E-state index in [-0.39, 0.29) is 31.4 Å². The summed E-state index contributed by atoms with van der Waals surface area (Å²) in [6.07, 6.45) is 3.50. The van der Waals surface area contributed by atoms with Crippen LogP contribution >= 0.6 is 0 Å².